The Hall–Kier alpha value is -1.26. The molecule has 1 aromatic carbocycles. The predicted molar refractivity (Wildman–Crippen MR) is 69.6 cm³/mol. The van der Waals surface area contributed by atoms with Crippen LogP contribution in [0.25, 0.3) is 0 Å². The molecule has 0 bridgehead atoms. The minimum Gasteiger partial charge on any atom is -0.478 e. The first-order chi connectivity index (χ1) is 8.52. The molecular weight excluding hydrogens is 277 g/mol. The summed E-state index contributed by atoms with van der Waals surface area (Å²) in [6.07, 6.45) is 0.403. The number of aromatic carboxylic acids is 1. The van der Waals surface area contributed by atoms with Crippen LogP contribution in [-0.4, -0.2) is 29.4 Å². The summed E-state index contributed by atoms with van der Waals surface area (Å²) in [5.41, 5.74) is 0.642. The fraction of sp³-hybridized carbons (Fsp3) is 0.333. The molecule has 96 valence electrons. The zero-order chi connectivity index (χ0) is 13.3. The first-order valence-electron chi connectivity index (χ1n) is 5.42. The molecule has 0 radical (unpaired) electrons. The van der Waals surface area contributed by atoms with Gasteiger partial charge in [0.25, 0.3) is 0 Å². The Balaban J connectivity index is 2.29. The monoisotopic (exact) mass is 287 g/mol. The van der Waals surface area contributed by atoms with Crippen molar-refractivity contribution in [1.29, 1.82) is 0 Å². The summed E-state index contributed by atoms with van der Waals surface area (Å²) in [5.74, 6) is -0.539. The smallest absolute Gasteiger partial charge is 0.335 e. The minimum absolute atomic E-state index is 0.0365. The van der Waals surface area contributed by atoms with Gasteiger partial charge >= 0.3 is 5.97 Å². The van der Waals surface area contributed by atoms with Crippen molar-refractivity contribution >= 4 is 40.8 Å². The van der Waals surface area contributed by atoms with E-state index in [0.29, 0.717) is 24.5 Å². The Morgan fingerprint density at radius 3 is 2.72 bits per heavy atom. The van der Waals surface area contributed by atoms with Crippen LogP contribution < -0.4 is 4.90 Å². The molecule has 0 saturated carbocycles. The van der Waals surface area contributed by atoms with Crippen molar-refractivity contribution in [3.63, 3.8) is 0 Å². The van der Waals surface area contributed by atoms with Crippen LogP contribution in [0.15, 0.2) is 18.2 Å². The third kappa shape index (κ3) is 2.44. The number of benzene rings is 1. The number of carboxylic acid groups (broad SMARTS) is 1. The van der Waals surface area contributed by atoms with Crippen LogP contribution in [0, 0.1) is 5.92 Å². The molecule has 1 saturated heterocycles. The lowest BCUT2D eigenvalue weighted by Gasteiger charge is -2.18. The summed E-state index contributed by atoms with van der Waals surface area (Å²) in [7, 11) is 0. The Morgan fingerprint density at radius 2 is 2.22 bits per heavy atom. The molecule has 1 aromatic rings. The number of hydrogen-bond donors (Lipinski definition) is 1. The molecule has 1 atom stereocenters. The van der Waals surface area contributed by atoms with E-state index in [1.165, 1.54) is 12.1 Å². The van der Waals surface area contributed by atoms with Gasteiger partial charge in [-0.2, -0.15) is 0 Å². The minimum atomic E-state index is -1.05. The van der Waals surface area contributed by atoms with Crippen molar-refractivity contribution in [2.24, 2.45) is 5.92 Å². The van der Waals surface area contributed by atoms with Crippen LogP contribution >= 0.6 is 23.2 Å². The average molecular weight is 288 g/mol. The van der Waals surface area contributed by atoms with Crippen molar-refractivity contribution in [2.45, 2.75) is 6.42 Å². The molecule has 18 heavy (non-hydrogen) atoms. The highest BCUT2D eigenvalue weighted by Crippen LogP contribution is 2.32. The number of halogens is 2. The Labute approximate surface area is 114 Å². The van der Waals surface area contributed by atoms with Crippen LogP contribution in [0.4, 0.5) is 5.69 Å². The number of hydrogen-bond acceptors (Lipinski definition) is 2. The van der Waals surface area contributed by atoms with Gasteiger partial charge in [-0.1, -0.05) is 11.6 Å². The van der Waals surface area contributed by atoms with Gasteiger partial charge in [-0.25, -0.2) is 4.79 Å². The summed E-state index contributed by atoms with van der Waals surface area (Å²) in [5, 5.41) is 9.10. The van der Waals surface area contributed by atoms with Gasteiger partial charge in [0.05, 0.1) is 16.3 Å². The van der Waals surface area contributed by atoms with Crippen molar-refractivity contribution < 1.29 is 14.7 Å². The van der Waals surface area contributed by atoms with Gasteiger partial charge in [0.1, 0.15) is 0 Å². The van der Waals surface area contributed by atoms with E-state index in [9.17, 15) is 9.59 Å². The molecule has 0 spiro atoms. The molecular formula is C12H11Cl2NO3. The van der Waals surface area contributed by atoms with Crippen molar-refractivity contribution in [3.8, 4) is 0 Å². The van der Waals surface area contributed by atoms with Gasteiger partial charge in [-0.3, -0.25) is 4.79 Å². The molecule has 1 aliphatic rings. The van der Waals surface area contributed by atoms with E-state index in [1.807, 2.05) is 0 Å². The van der Waals surface area contributed by atoms with E-state index in [2.05, 4.69) is 0 Å². The van der Waals surface area contributed by atoms with Gasteiger partial charge in [-0.15, -0.1) is 11.6 Å². The maximum atomic E-state index is 11.8. The second-order valence-electron chi connectivity index (χ2n) is 4.20. The Morgan fingerprint density at radius 1 is 1.50 bits per heavy atom. The highest BCUT2D eigenvalue weighted by molar-refractivity contribution is 6.34. The quantitative estimate of drug-likeness (QED) is 0.870. The summed E-state index contributed by atoms with van der Waals surface area (Å²) in [4.78, 5) is 24.2. The molecule has 0 aliphatic carbocycles. The lowest BCUT2D eigenvalue weighted by Crippen LogP contribution is -2.25. The van der Waals surface area contributed by atoms with Gasteiger partial charge in [0.15, 0.2) is 0 Å². The lowest BCUT2D eigenvalue weighted by atomic mass is 10.1. The van der Waals surface area contributed by atoms with Crippen LogP contribution in [0.2, 0.25) is 5.02 Å². The zero-order valence-corrected chi connectivity index (χ0v) is 10.9. The fourth-order valence-corrected chi connectivity index (χ4v) is 2.47. The Kier molecular flexibility index (Phi) is 3.78. The van der Waals surface area contributed by atoms with Crippen LogP contribution in [0.5, 0.6) is 0 Å². The molecule has 1 unspecified atom stereocenters. The molecule has 2 rings (SSSR count). The number of alkyl halides is 1. The summed E-state index contributed by atoms with van der Waals surface area (Å²) < 4.78 is 0. The van der Waals surface area contributed by atoms with Gasteiger partial charge in [0, 0.05) is 18.8 Å². The number of amides is 1. The number of carbonyl (C=O) groups is 2. The molecule has 1 amide bonds. The number of rotatable bonds is 3. The highest BCUT2D eigenvalue weighted by atomic mass is 35.5. The number of carboxylic acids is 1. The maximum Gasteiger partial charge on any atom is 0.335 e. The van der Waals surface area contributed by atoms with Crippen LogP contribution in [0.3, 0.4) is 0 Å². The third-order valence-electron chi connectivity index (χ3n) is 2.91. The number of nitrogens with zero attached hydrogens (tertiary/aromatic N) is 1. The zero-order valence-electron chi connectivity index (χ0n) is 9.40. The second-order valence-corrected chi connectivity index (χ2v) is 4.92. The van der Waals surface area contributed by atoms with E-state index in [-0.39, 0.29) is 22.4 Å². The van der Waals surface area contributed by atoms with E-state index in [4.69, 9.17) is 28.3 Å². The van der Waals surface area contributed by atoms with Gasteiger partial charge < -0.3 is 10.0 Å². The second kappa shape index (κ2) is 5.16. The molecule has 6 heteroatoms. The van der Waals surface area contributed by atoms with Crippen LogP contribution in [-0.2, 0) is 4.79 Å². The molecule has 1 N–H and O–H groups in total. The summed E-state index contributed by atoms with van der Waals surface area (Å²) in [6, 6.07) is 4.34. The first kappa shape index (κ1) is 13.2. The SMILES string of the molecule is O=C(O)c1ccc(N2CC(CCl)CC2=O)c(Cl)c1. The molecule has 1 heterocycles. The molecule has 1 fully saturated rings. The van der Waals surface area contributed by atoms with Gasteiger partial charge in [0.2, 0.25) is 5.91 Å². The lowest BCUT2D eigenvalue weighted by molar-refractivity contribution is -0.117. The van der Waals surface area contributed by atoms with E-state index >= 15 is 0 Å². The summed E-state index contributed by atoms with van der Waals surface area (Å²) >= 11 is 11.8. The largest absolute Gasteiger partial charge is 0.478 e. The van der Waals surface area contributed by atoms with Gasteiger partial charge in [-0.05, 0) is 24.1 Å². The summed E-state index contributed by atoms with van der Waals surface area (Å²) in [6.45, 7) is 0.522. The van der Waals surface area contributed by atoms with E-state index in [0.717, 1.165) is 0 Å². The average Bonchev–Trinajstić information content (AvgIpc) is 2.70. The first-order valence-corrected chi connectivity index (χ1v) is 6.33. The normalized spacial score (nSPS) is 19.3. The van der Waals surface area contributed by atoms with E-state index in [1.54, 1.807) is 11.0 Å². The van der Waals surface area contributed by atoms with Crippen molar-refractivity contribution in [3.05, 3.63) is 28.8 Å². The molecule has 4 nitrogen and oxygen atoms in total. The maximum absolute atomic E-state index is 11.8. The Bertz CT molecular complexity index is 504. The third-order valence-corrected chi connectivity index (χ3v) is 3.65. The standard InChI is InChI=1S/C12H11Cl2NO3/c13-5-7-3-11(16)15(6-7)10-2-1-8(12(17)18)4-9(10)14/h1-2,4,7H,3,5-6H2,(H,17,18). The van der Waals surface area contributed by atoms with Crippen LogP contribution in [0.1, 0.15) is 16.8 Å². The predicted octanol–water partition coefficient (Wildman–Crippen LogP) is 2.63. The van der Waals surface area contributed by atoms with Crippen molar-refractivity contribution in [2.75, 3.05) is 17.3 Å². The topological polar surface area (TPSA) is 57.6 Å². The fourth-order valence-electron chi connectivity index (χ4n) is 1.98. The van der Waals surface area contributed by atoms with Crippen molar-refractivity contribution in [1.82, 2.24) is 0 Å². The molecule has 0 aromatic heterocycles. The number of carbonyl (C=O) groups excluding carboxylic acids is 1. The number of anilines is 1. The van der Waals surface area contributed by atoms with E-state index < -0.39 is 5.97 Å². The highest BCUT2D eigenvalue weighted by Gasteiger charge is 2.31. The molecule has 1 aliphatic heterocycles.